The molecule has 0 fully saturated rings. The van der Waals surface area contributed by atoms with E-state index in [1.165, 1.54) is 11.3 Å². The summed E-state index contributed by atoms with van der Waals surface area (Å²) in [6.07, 6.45) is 5.43. The van der Waals surface area contributed by atoms with Gasteiger partial charge in [0.15, 0.2) is 0 Å². The molecule has 0 bridgehead atoms. The largest absolute Gasteiger partial charge is 0.347 e. The van der Waals surface area contributed by atoms with Crippen molar-refractivity contribution in [2.45, 2.75) is 6.54 Å². The summed E-state index contributed by atoms with van der Waals surface area (Å²) in [5, 5.41) is 9.61. The molecule has 0 saturated carbocycles. The Morgan fingerprint density at radius 2 is 1.89 bits per heavy atom. The molecule has 0 spiro atoms. The van der Waals surface area contributed by atoms with E-state index in [0.717, 1.165) is 27.0 Å². The number of nitrogens with zero attached hydrogens (tertiary/aromatic N) is 3. The molecule has 0 saturated heterocycles. The van der Waals surface area contributed by atoms with Crippen molar-refractivity contribution in [3.8, 4) is 16.9 Å². The maximum atomic E-state index is 12.5. The van der Waals surface area contributed by atoms with E-state index >= 15 is 0 Å². The summed E-state index contributed by atoms with van der Waals surface area (Å²) < 4.78 is 2.64. The van der Waals surface area contributed by atoms with Crippen LogP contribution in [0.1, 0.15) is 15.2 Å². The lowest BCUT2D eigenvalue weighted by molar-refractivity contribution is 0.0954. The van der Waals surface area contributed by atoms with Gasteiger partial charge in [-0.25, -0.2) is 4.68 Å². The van der Waals surface area contributed by atoms with Gasteiger partial charge in [0.05, 0.1) is 11.4 Å². The SMILES string of the molecule is O=C(NCc1cn(-c2ccccc2)nc1-c1ccncc1)c1sccc1Br. The Labute approximate surface area is 168 Å². The first-order valence-electron chi connectivity index (χ1n) is 8.28. The monoisotopic (exact) mass is 438 g/mol. The predicted molar refractivity (Wildman–Crippen MR) is 110 cm³/mol. The number of thiophene rings is 1. The van der Waals surface area contributed by atoms with Gasteiger partial charge in [0.1, 0.15) is 4.88 Å². The van der Waals surface area contributed by atoms with Crippen molar-refractivity contribution < 1.29 is 4.79 Å². The molecule has 1 aromatic carbocycles. The first kappa shape index (κ1) is 17.6. The van der Waals surface area contributed by atoms with Crippen LogP contribution in [0.4, 0.5) is 0 Å². The number of rotatable bonds is 5. The van der Waals surface area contributed by atoms with E-state index in [2.05, 4.69) is 26.2 Å². The van der Waals surface area contributed by atoms with Gasteiger partial charge >= 0.3 is 0 Å². The van der Waals surface area contributed by atoms with Gasteiger partial charge in [-0.15, -0.1) is 11.3 Å². The fraction of sp³-hybridized carbons (Fsp3) is 0.0500. The van der Waals surface area contributed by atoms with Gasteiger partial charge < -0.3 is 5.32 Å². The van der Waals surface area contributed by atoms with Gasteiger partial charge in [-0.2, -0.15) is 5.10 Å². The molecule has 3 heterocycles. The Hall–Kier alpha value is -2.77. The molecule has 0 aliphatic carbocycles. The van der Waals surface area contributed by atoms with Gasteiger partial charge in [-0.3, -0.25) is 9.78 Å². The Balaban J connectivity index is 1.65. The third-order valence-corrected chi connectivity index (χ3v) is 5.86. The molecule has 0 aliphatic rings. The maximum Gasteiger partial charge on any atom is 0.262 e. The maximum absolute atomic E-state index is 12.5. The molecule has 4 rings (SSSR count). The number of nitrogens with one attached hydrogen (secondary N) is 1. The number of carbonyl (C=O) groups is 1. The van der Waals surface area contributed by atoms with Crippen LogP contribution in [0, 0.1) is 0 Å². The lowest BCUT2D eigenvalue weighted by Crippen LogP contribution is -2.22. The first-order chi connectivity index (χ1) is 13.2. The minimum absolute atomic E-state index is 0.106. The highest BCUT2D eigenvalue weighted by atomic mass is 79.9. The predicted octanol–water partition coefficient (Wildman–Crippen LogP) is 4.69. The van der Waals surface area contributed by atoms with E-state index in [-0.39, 0.29) is 5.91 Å². The lowest BCUT2D eigenvalue weighted by atomic mass is 10.1. The van der Waals surface area contributed by atoms with Gasteiger partial charge in [-0.05, 0) is 51.6 Å². The minimum Gasteiger partial charge on any atom is -0.347 e. The van der Waals surface area contributed by atoms with E-state index in [4.69, 9.17) is 5.10 Å². The third kappa shape index (κ3) is 3.84. The van der Waals surface area contributed by atoms with Crippen LogP contribution in [0.5, 0.6) is 0 Å². The Kier molecular flexibility index (Phi) is 5.13. The van der Waals surface area contributed by atoms with Crippen LogP contribution in [0.25, 0.3) is 16.9 Å². The molecule has 4 aromatic rings. The van der Waals surface area contributed by atoms with Crippen molar-refractivity contribution in [1.29, 1.82) is 0 Å². The number of hydrogen-bond donors (Lipinski definition) is 1. The Morgan fingerprint density at radius 3 is 2.59 bits per heavy atom. The number of para-hydroxylation sites is 1. The van der Waals surface area contributed by atoms with E-state index in [1.54, 1.807) is 12.4 Å². The molecule has 3 aromatic heterocycles. The summed E-state index contributed by atoms with van der Waals surface area (Å²) in [6, 6.07) is 15.6. The summed E-state index contributed by atoms with van der Waals surface area (Å²) in [5.74, 6) is -0.106. The van der Waals surface area contributed by atoms with Crippen molar-refractivity contribution in [2.24, 2.45) is 0 Å². The first-order valence-corrected chi connectivity index (χ1v) is 9.95. The second-order valence-electron chi connectivity index (χ2n) is 5.80. The van der Waals surface area contributed by atoms with Crippen molar-refractivity contribution in [3.05, 3.63) is 87.4 Å². The Morgan fingerprint density at radius 1 is 1.11 bits per heavy atom. The number of hydrogen-bond acceptors (Lipinski definition) is 4. The molecule has 27 heavy (non-hydrogen) atoms. The zero-order valence-electron chi connectivity index (χ0n) is 14.2. The molecular weight excluding hydrogens is 424 g/mol. The Bertz CT molecular complexity index is 1060. The number of pyridine rings is 1. The van der Waals surface area contributed by atoms with E-state index in [0.29, 0.717) is 11.4 Å². The summed E-state index contributed by atoms with van der Waals surface area (Å²) in [5.41, 5.74) is 3.69. The molecule has 0 radical (unpaired) electrons. The van der Waals surface area contributed by atoms with Crippen LogP contribution in [0.15, 0.2) is 77.0 Å². The van der Waals surface area contributed by atoms with Crippen LogP contribution >= 0.6 is 27.3 Å². The van der Waals surface area contributed by atoms with Crippen molar-refractivity contribution in [1.82, 2.24) is 20.1 Å². The van der Waals surface area contributed by atoms with E-state index in [9.17, 15) is 4.79 Å². The molecule has 1 N–H and O–H groups in total. The second-order valence-corrected chi connectivity index (χ2v) is 7.57. The van der Waals surface area contributed by atoms with Gasteiger partial charge in [-0.1, -0.05) is 18.2 Å². The molecule has 134 valence electrons. The standard InChI is InChI=1S/C20H15BrN4OS/c21-17-8-11-27-19(17)20(26)23-12-15-13-25(16-4-2-1-3-5-16)24-18(15)14-6-9-22-10-7-14/h1-11,13H,12H2,(H,23,26). The van der Waals surface area contributed by atoms with Crippen molar-refractivity contribution in [2.75, 3.05) is 0 Å². The summed E-state index contributed by atoms with van der Waals surface area (Å²) in [6.45, 7) is 0.383. The number of halogens is 1. The zero-order chi connectivity index (χ0) is 18.6. The van der Waals surface area contributed by atoms with Crippen LogP contribution in [0.3, 0.4) is 0 Å². The lowest BCUT2D eigenvalue weighted by Gasteiger charge is -2.05. The summed E-state index contributed by atoms with van der Waals surface area (Å²) >= 11 is 4.81. The molecule has 0 aliphatic heterocycles. The molecule has 7 heteroatoms. The highest BCUT2D eigenvalue weighted by Crippen LogP contribution is 2.25. The highest BCUT2D eigenvalue weighted by Gasteiger charge is 2.15. The van der Waals surface area contributed by atoms with Gasteiger partial charge in [0.2, 0.25) is 0 Å². The highest BCUT2D eigenvalue weighted by molar-refractivity contribution is 9.10. The number of amides is 1. The van der Waals surface area contributed by atoms with Crippen molar-refractivity contribution in [3.63, 3.8) is 0 Å². The summed E-state index contributed by atoms with van der Waals surface area (Å²) in [4.78, 5) is 17.2. The van der Waals surface area contributed by atoms with E-state index in [1.807, 2.05) is 64.8 Å². The molecule has 0 unspecified atom stereocenters. The molecule has 0 atom stereocenters. The average Bonchev–Trinajstić information content (AvgIpc) is 3.34. The molecule has 1 amide bonds. The normalized spacial score (nSPS) is 10.7. The second kappa shape index (κ2) is 7.85. The average molecular weight is 439 g/mol. The quantitative estimate of drug-likeness (QED) is 0.491. The fourth-order valence-corrected chi connectivity index (χ4v) is 4.18. The minimum atomic E-state index is -0.106. The molecule has 5 nitrogen and oxygen atoms in total. The number of carbonyl (C=O) groups excluding carboxylic acids is 1. The van der Waals surface area contributed by atoms with Crippen LogP contribution in [-0.2, 0) is 6.54 Å². The topological polar surface area (TPSA) is 59.8 Å². The smallest absolute Gasteiger partial charge is 0.262 e. The van der Waals surface area contributed by atoms with Gasteiger partial charge in [0.25, 0.3) is 5.91 Å². The van der Waals surface area contributed by atoms with Crippen LogP contribution < -0.4 is 5.32 Å². The number of aromatic nitrogens is 3. The fourth-order valence-electron chi connectivity index (χ4n) is 2.72. The zero-order valence-corrected chi connectivity index (χ0v) is 16.6. The van der Waals surface area contributed by atoms with Crippen molar-refractivity contribution >= 4 is 33.2 Å². The van der Waals surface area contributed by atoms with Gasteiger partial charge in [0, 0.05) is 40.7 Å². The summed E-state index contributed by atoms with van der Waals surface area (Å²) in [7, 11) is 0. The van der Waals surface area contributed by atoms with E-state index < -0.39 is 0 Å². The third-order valence-electron chi connectivity index (χ3n) is 4.03. The van der Waals surface area contributed by atoms with Crippen LogP contribution in [0.2, 0.25) is 0 Å². The van der Waals surface area contributed by atoms with Crippen LogP contribution in [-0.4, -0.2) is 20.7 Å². The number of benzene rings is 1. The molecular formula is C20H15BrN4OS.